The summed E-state index contributed by atoms with van der Waals surface area (Å²) in [6, 6.07) is 2.91. The maximum absolute atomic E-state index is 13.7. The molecule has 1 aliphatic rings. The van der Waals surface area contributed by atoms with E-state index in [0.717, 1.165) is 12.1 Å². The molecule has 0 bridgehead atoms. The number of halogens is 2. The van der Waals surface area contributed by atoms with Crippen molar-refractivity contribution < 1.29 is 23.1 Å². The summed E-state index contributed by atoms with van der Waals surface area (Å²) < 4.78 is 31.8. The SMILES string of the molecule is CC(C)(C)OC(=O)NC[C@H]1CCN(C(=O)c2ccc(F)cc2F)C1. The molecule has 24 heavy (non-hydrogen) atoms. The molecule has 0 aromatic heterocycles. The van der Waals surface area contributed by atoms with Crippen LogP contribution in [0.3, 0.4) is 0 Å². The van der Waals surface area contributed by atoms with Crippen LogP contribution in [0.2, 0.25) is 0 Å². The van der Waals surface area contributed by atoms with Crippen molar-refractivity contribution in [2.75, 3.05) is 19.6 Å². The highest BCUT2D eigenvalue weighted by molar-refractivity contribution is 5.94. The summed E-state index contributed by atoms with van der Waals surface area (Å²) in [5, 5.41) is 2.68. The lowest BCUT2D eigenvalue weighted by molar-refractivity contribution is 0.0520. The van der Waals surface area contributed by atoms with Crippen LogP contribution in [-0.2, 0) is 4.74 Å². The van der Waals surface area contributed by atoms with Crippen LogP contribution in [0, 0.1) is 17.6 Å². The van der Waals surface area contributed by atoms with Gasteiger partial charge in [0.1, 0.15) is 17.2 Å². The molecule has 0 unspecified atom stereocenters. The molecule has 1 N–H and O–H groups in total. The zero-order valence-corrected chi connectivity index (χ0v) is 14.1. The van der Waals surface area contributed by atoms with Gasteiger partial charge in [-0.2, -0.15) is 0 Å². The maximum Gasteiger partial charge on any atom is 0.407 e. The predicted octanol–water partition coefficient (Wildman–Crippen LogP) is 2.95. The Balaban J connectivity index is 1.86. The van der Waals surface area contributed by atoms with Crippen LogP contribution in [0.25, 0.3) is 0 Å². The second-order valence-corrected chi connectivity index (χ2v) is 6.91. The molecule has 0 spiro atoms. The van der Waals surface area contributed by atoms with Crippen LogP contribution in [0.4, 0.5) is 13.6 Å². The normalized spacial score (nSPS) is 17.7. The Hall–Kier alpha value is -2.18. The Morgan fingerprint density at radius 2 is 2.04 bits per heavy atom. The molecule has 1 aromatic carbocycles. The van der Waals surface area contributed by atoms with Gasteiger partial charge in [-0.05, 0) is 45.2 Å². The molecule has 1 aromatic rings. The summed E-state index contributed by atoms with van der Waals surface area (Å²) in [7, 11) is 0. The zero-order chi connectivity index (χ0) is 17.9. The van der Waals surface area contributed by atoms with Gasteiger partial charge >= 0.3 is 6.09 Å². The number of alkyl carbamates (subject to hydrolysis) is 1. The monoisotopic (exact) mass is 340 g/mol. The largest absolute Gasteiger partial charge is 0.444 e. The Morgan fingerprint density at radius 3 is 2.67 bits per heavy atom. The standard InChI is InChI=1S/C17H22F2N2O3/c1-17(2,3)24-16(23)20-9-11-6-7-21(10-11)15(22)13-5-4-12(18)8-14(13)19/h4-5,8,11H,6-7,9-10H2,1-3H3,(H,20,23)/t11-/m1/s1. The fourth-order valence-electron chi connectivity index (χ4n) is 2.56. The van der Waals surface area contributed by atoms with E-state index in [0.29, 0.717) is 32.1 Å². The third kappa shape index (κ3) is 4.91. The number of carbonyl (C=O) groups excluding carboxylic acids is 2. The number of hydrogen-bond acceptors (Lipinski definition) is 3. The van der Waals surface area contributed by atoms with Crippen molar-refractivity contribution in [1.82, 2.24) is 10.2 Å². The van der Waals surface area contributed by atoms with Crippen molar-refractivity contribution in [3.8, 4) is 0 Å². The predicted molar refractivity (Wildman–Crippen MR) is 84.6 cm³/mol. The first kappa shape index (κ1) is 18.2. The lowest BCUT2D eigenvalue weighted by atomic mass is 10.1. The first-order chi connectivity index (χ1) is 11.2. The van der Waals surface area contributed by atoms with Gasteiger partial charge in [-0.3, -0.25) is 4.79 Å². The van der Waals surface area contributed by atoms with E-state index in [4.69, 9.17) is 4.74 Å². The number of ether oxygens (including phenoxy) is 1. The number of amides is 2. The number of hydrogen-bond donors (Lipinski definition) is 1. The van der Waals surface area contributed by atoms with Crippen LogP contribution < -0.4 is 5.32 Å². The van der Waals surface area contributed by atoms with E-state index in [9.17, 15) is 18.4 Å². The second-order valence-electron chi connectivity index (χ2n) is 6.91. The summed E-state index contributed by atoms with van der Waals surface area (Å²) in [4.78, 5) is 25.4. The minimum atomic E-state index is -0.865. The molecule has 0 aliphatic carbocycles. The molecule has 1 saturated heterocycles. The minimum Gasteiger partial charge on any atom is -0.444 e. The van der Waals surface area contributed by atoms with Gasteiger partial charge in [0.25, 0.3) is 5.91 Å². The number of likely N-dealkylation sites (tertiary alicyclic amines) is 1. The van der Waals surface area contributed by atoms with Gasteiger partial charge in [-0.15, -0.1) is 0 Å². The van der Waals surface area contributed by atoms with Gasteiger partial charge in [0.05, 0.1) is 5.56 Å². The van der Waals surface area contributed by atoms with E-state index in [1.807, 2.05) is 0 Å². The lowest BCUT2D eigenvalue weighted by Gasteiger charge is -2.21. The van der Waals surface area contributed by atoms with Crippen LogP contribution in [0.15, 0.2) is 18.2 Å². The van der Waals surface area contributed by atoms with E-state index < -0.39 is 29.2 Å². The number of nitrogens with one attached hydrogen (secondary N) is 1. The van der Waals surface area contributed by atoms with Crippen LogP contribution in [0.5, 0.6) is 0 Å². The highest BCUT2D eigenvalue weighted by Gasteiger charge is 2.29. The molecular weight excluding hydrogens is 318 g/mol. The van der Waals surface area contributed by atoms with E-state index in [1.54, 1.807) is 20.8 Å². The quantitative estimate of drug-likeness (QED) is 0.920. The molecule has 5 nitrogen and oxygen atoms in total. The van der Waals surface area contributed by atoms with Crippen molar-refractivity contribution in [1.29, 1.82) is 0 Å². The molecule has 2 amide bonds. The number of rotatable bonds is 3. The molecule has 1 atom stereocenters. The van der Waals surface area contributed by atoms with E-state index >= 15 is 0 Å². The number of benzene rings is 1. The Bertz CT molecular complexity index is 629. The first-order valence-corrected chi connectivity index (χ1v) is 7.87. The molecule has 0 radical (unpaired) electrons. The van der Waals surface area contributed by atoms with Crippen LogP contribution >= 0.6 is 0 Å². The minimum absolute atomic E-state index is 0.0741. The summed E-state index contributed by atoms with van der Waals surface area (Å²) in [6.07, 6.45) is 0.196. The molecule has 0 saturated carbocycles. The van der Waals surface area contributed by atoms with Gasteiger partial charge in [0.15, 0.2) is 0 Å². The summed E-state index contributed by atoms with van der Waals surface area (Å²) in [5.41, 5.74) is -0.709. The molecule has 2 rings (SSSR count). The Kier molecular flexibility index (Phi) is 5.41. The molecule has 1 fully saturated rings. The zero-order valence-electron chi connectivity index (χ0n) is 14.1. The first-order valence-electron chi connectivity index (χ1n) is 7.87. The van der Waals surface area contributed by atoms with Gasteiger partial charge in [-0.25, -0.2) is 13.6 Å². The van der Waals surface area contributed by atoms with Gasteiger partial charge in [-0.1, -0.05) is 0 Å². The fourth-order valence-corrected chi connectivity index (χ4v) is 2.56. The van der Waals surface area contributed by atoms with Crippen molar-refractivity contribution in [3.05, 3.63) is 35.4 Å². The van der Waals surface area contributed by atoms with Crippen molar-refractivity contribution in [3.63, 3.8) is 0 Å². The summed E-state index contributed by atoms with van der Waals surface area (Å²) in [6.45, 7) is 6.59. The van der Waals surface area contributed by atoms with Gasteiger partial charge in [0, 0.05) is 25.7 Å². The third-order valence-corrected chi connectivity index (χ3v) is 3.67. The smallest absolute Gasteiger partial charge is 0.407 e. The van der Waals surface area contributed by atoms with Crippen molar-refractivity contribution in [2.45, 2.75) is 32.8 Å². The number of carbonyl (C=O) groups is 2. The average Bonchev–Trinajstić information content (AvgIpc) is 2.91. The van der Waals surface area contributed by atoms with Gasteiger partial charge in [0.2, 0.25) is 0 Å². The van der Waals surface area contributed by atoms with Crippen molar-refractivity contribution in [2.24, 2.45) is 5.92 Å². The molecule has 1 aliphatic heterocycles. The topological polar surface area (TPSA) is 58.6 Å². The van der Waals surface area contributed by atoms with E-state index in [1.165, 1.54) is 4.90 Å². The average molecular weight is 340 g/mol. The summed E-state index contributed by atoms with van der Waals surface area (Å²) in [5.74, 6) is -1.97. The molecule has 132 valence electrons. The number of nitrogens with zero attached hydrogens (tertiary/aromatic N) is 1. The Labute approximate surface area is 140 Å². The van der Waals surface area contributed by atoms with Crippen LogP contribution in [0.1, 0.15) is 37.6 Å². The summed E-state index contributed by atoms with van der Waals surface area (Å²) >= 11 is 0. The maximum atomic E-state index is 13.7. The van der Waals surface area contributed by atoms with Crippen LogP contribution in [-0.4, -0.2) is 42.1 Å². The third-order valence-electron chi connectivity index (χ3n) is 3.67. The Morgan fingerprint density at radius 1 is 1.33 bits per heavy atom. The van der Waals surface area contributed by atoms with E-state index in [-0.39, 0.29) is 11.5 Å². The lowest BCUT2D eigenvalue weighted by Crippen LogP contribution is -2.36. The molecular formula is C17H22F2N2O3. The van der Waals surface area contributed by atoms with Gasteiger partial charge < -0.3 is 15.0 Å². The van der Waals surface area contributed by atoms with E-state index in [2.05, 4.69) is 5.32 Å². The van der Waals surface area contributed by atoms with Crippen molar-refractivity contribution >= 4 is 12.0 Å². The second kappa shape index (κ2) is 7.15. The highest BCUT2D eigenvalue weighted by Crippen LogP contribution is 2.20. The molecule has 7 heteroatoms. The molecule has 1 heterocycles. The highest BCUT2D eigenvalue weighted by atomic mass is 19.1. The fraction of sp³-hybridized carbons (Fsp3) is 0.529.